The minimum absolute atomic E-state index is 0.0757. The molecule has 1 aliphatic heterocycles. The van der Waals surface area contributed by atoms with Gasteiger partial charge < -0.3 is 14.8 Å². The second-order valence-electron chi connectivity index (χ2n) is 7.27. The largest absolute Gasteiger partial charge is 0.495 e. The first-order valence-corrected chi connectivity index (χ1v) is 11.6. The van der Waals surface area contributed by atoms with E-state index in [1.165, 1.54) is 53.9 Å². The fourth-order valence-electron chi connectivity index (χ4n) is 3.38. The molecule has 2 aromatic carbocycles. The van der Waals surface area contributed by atoms with Gasteiger partial charge in [-0.1, -0.05) is 12.8 Å². The highest BCUT2D eigenvalue weighted by Gasteiger charge is 2.26. The van der Waals surface area contributed by atoms with E-state index in [1.54, 1.807) is 0 Å². The van der Waals surface area contributed by atoms with Crippen molar-refractivity contribution in [1.82, 2.24) is 4.31 Å². The minimum Gasteiger partial charge on any atom is -0.495 e. The van der Waals surface area contributed by atoms with Crippen molar-refractivity contribution in [3.8, 4) is 11.5 Å². The van der Waals surface area contributed by atoms with E-state index in [4.69, 9.17) is 9.47 Å². The average molecular weight is 464 g/mol. The quantitative estimate of drug-likeness (QED) is 0.470. The SMILES string of the molecule is COc1ccc(S(=O)(=O)N2CCCCCC2)cc1NC(=O)COc1ccc([N+](=O)[O-])cc1. The number of carbonyl (C=O) groups is 1. The summed E-state index contributed by atoms with van der Waals surface area (Å²) in [6.45, 7) is 0.572. The van der Waals surface area contributed by atoms with Crippen LogP contribution in [0.25, 0.3) is 0 Å². The summed E-state index contributed by atoms with van der Waals surface area (Å²) in [6.07, 6.45) is 3.65. The van der Waals surface area contributed by atoms with Gasteiger partial charge in [-0.25, -0.2) is 8.42 Å². The third-order valence-corrected chi connectivity index (χ3v) is 6.96. The molecule has 1 N–H and O–H groups in total. The predicted octanol–water partition coefficient (Wildman–Crippen LogP) is 3.19. The number of anilines is 1. The van der Waals surface area contributed by atoms with Crippen LogP contribution in [0.4, 0.5) is 11.4 Å². The summed E-state index contributed by atoms with van der Waals surface area (Å²) in [6, 6.07) is 9.66. The Labute approximate surface area is 186 Å². The number of nitro groups is 1. The standard InChI is InChI=1S/C21H25N3O7S/c1-30-20-11-10-18(32(28,29)23-12-4-2-3-5-13-23)14-19(20)22-21(25)15-31-17-8-6-16(7-9-17)24(26)27/h6-11,14H,2-5,12-13,15H2,1H3,(H,22,25). The molecule has 1 amide bonds. The second-order valence-corrected chi connectivity index (χ2v) is 9.21. The van der Waals surface area contributed by atoms with E-state index in [9.17, 15) is 23.3 Å². The molecule has 0 unspecified atom stereocenters. The Morgan fingerprint density at radius 2 is 1.75 bits per heavy atom. The Kier molecular flexibility index (Phi) is 7.65. The van der Waals surface area contributed by atoms with Crippen LogP contribution in [0.1, 0.15) is 25.7 Å². The molecule has 0 spiro atoms. The van der Waals surface area contributed by atoms with E-state index < -0.39 is 20.9 Å². The normalized spacial score (nSPS) is 14.9. The van der Waals surface area contributed by atoms with Gasteiger partial charge in [0.25, 0.3) is 11.6 Å². The zero-order valence-electron chi connectivity index (χ0n) is 17.7. The average Bonchev–Trinajstić information content (AvgIpc) is 3.08. The molecule has 11 heteroatoms. The maximum Gasteiger partial charge on any atom is 0.269 e. The van der Waals surface area contributed by atoms with Crippen LogP contribution in [0, 0.1) is 10.1 Å². The van der Waals surface area contributed by atoms with Gasteiger partial charge in [-0.3, -0.25) is 14.9 Å². The first kappa shape index (κ1) is 23.5. The van der Waals surface area contributed by atoms with Crippen molar-refractivity contribution in [1.29, 1.82) is 0 Å². The van der Waals surface area contributed by atoms with Gasteiger partial charge in [-0.15, -0.1) is 0 Å². The minimum atomic E-state index is -3.69. The van der Waals surface area contributed by atoms with Crippen LogP contribution in [-0.4, -0.2) is 50.4 Å². The fourth-order valence-corrected chi connectivity index (χ4v) is 4.92. The van der Waals surface area contributed by atoms with E-state index in [0.29, 0.717) is 18.8 Å². The van der Waals surface area contributed by atoms with Gasteiger partial charge >= 0.3 is 0 Å². The lowest BCUT2D eigenvalue weighted by molar-refractivity contribution is -0.384. The summed E-state index contributed by atoms with van der Waals surface area (Å²) < 4.78 is 38.2. The third kappa shape index (κ3) is 5.74. The van der Waals surface area contributed by atoms with E-state index in [0.717, 1.165) is 25.7 Å². The number of carbonyl (C=O) groups excluding carboxylic acids is 1. The summed E-state index contributed by atoms with van der Waals surface area (Å²) in [7, 11) is -2.28. The highest BCUT2D eigenvalue weighted by Crippen LogP contribution is 2.30. The Morgan fingerprint density at radius 3 is 2.34 bits per heavy atom. The number of amides is 1. The number of methoxy groups -OCH3 is 1. The molecule has 1 aliphatic rings. The van der Waals surface area contributed by atoms with Gasteiger partial charge in [0.15, 0.2) is 6.61 Å². The van der Waals surface area contributed by atoms with E-state index >= 15 is 0 Å². The van der Waals surface area contributed by atoms with Crippen molar-refractivity contribution >= 4 is 27.3 Å². The Hall–Kier alpha value is -3.18. The maximum atomic E-state index is 13.1. The van der Waals surface area contributed by atoms with Gasteiger partial charge in [0.1, 0.15) is 11.5 Å². The van der Waals surface area contributed by atoms with Crippen LogP contribution in [0.2, 0.25) is 0 Å². The van der Waals surface area contributed by atoms with Crippen molar-refractivity contribution in [3.63, 3.8) is 0 Å². The zero-order chi connectivity index (χ0) is 23.1. The summed E-state index contributed by atoms with van der Waals surface area (Å²) in [5, 5.41) is 13.3. The molecule has 0 aromatic heterocycles. The number of sulfonamides is 1. The number of nitrogens with zero attached hydrogens (tertiary/aromatic N) is 2. The molecule has 1 heterocycles. The molecular weight excluding hydrogens is 438 g/mol. The highest BCUT2D eigenvalue weighted by atomic mass is 32.2. The number of rotatable bonds is 8. The summed E-state index contributed by atoms with van der Waals surface area (Å²) in [5.41, 5.74) is 0.120. The van der Waals surface area contributed by atoms with Crippen molar-refractivity contribution in [2.24, 2.45) is 0 Å². The molecule has 0 atom stereocenters. The van der Waals surface area contributed by atoms with Crippen molar-refractivity contribution in [2.75, 3.05) is 32.1 Å². The fraction of sp³-hybridized carbons (Fsp3) is 0.381. The summed E-state index contributed by atoms with van der Waals surface area (Å²) in [4.78, 5) is 22.6. The summed E-state index contributed by atoms with van der Waals surface area (Å²) in [5.74, 6) is 0.0599. The number of hydrogen-bond donors (Lipinski definition) is 1. The molecule has 172 valence electrons. The Bertz CT molecular complexity index is 1060. The lowest BCUT2D eigenvalue weighted by atomic mass is 10.2. The van der Waals surface area contributed by atoms with Gasteiger partial charge in [-0.05, 0) is 43.2 Å². The van der Waals surface area contributed by atoms with Crippen molar-refractivity contribution in [3.05, 3.63) is 52.6 Å². The van der Waals surface area contributed by atoms with Gasteiger partial charge in [-0.2, -0.15) is 4.31 Å². The van der Waals surface area contributed by atoms with Crippen LogP contribution in [-0.2, 0) is 14.8 Å². The Balaban J connectivity index is 1.71. The number of hydrogen-bond acceptors (Lipinski definition) is 7. The first-order chi connectivity index (χ1) is 15.3. The number of nitro benzene ring substituents is 1. The Morgan fingerprint density at radius 1 is 1.09 bits per heavy atom. The van der Waals surface area contributed by atoms with E-state index in [2.05, 4.69) is 5.32 Å². The molecule has 0 bridgehead atoms. The van der Waals surface area contributed by atoms with Crippen LogP contribution < -0.4 is 14.8 Å². The third-order valence-electron chi connectivity index (χ3n) is 5.07. The predicted molar refractivity (Wildman–Crippen MR) is 117 cm³/mol. The highest BCUT2D eigenvalue weighted by molar-refractivity contribution is 7.89. The van der Waals surface area contributed by atoms with Crippen molar-refractivity contribution in [2.45, 2.75) is 30.6 Å². The van der Waals surface area contributed by atoms with Crippen LogP contribution in [0.3, 0.4) is 0 Å². The van der Waals surface area contributed by atoms with Gasteiger partial charge in [0, 0.05) is 25.2 Å². The molecule has 0 aliphatic carbocycles. The lowest BCUT2D eigenvalue weighted by Crippen LogP contribution is -2.32. The number of nitrogens with one attached hydrogen (secondary N) is 1. The molecule has 0 radical (unpaired) electrons. The second kappa shape index (κ2) is 10.4. The first-order valence-electron chi connectivity index (χ1n) is 10.2. The smallest absolute Gasteiger partial charge is 0.269 e. The lowest BCUT2D eigenvalue weighted by Gasteiger charge is -2.21. The molecule has 3 rings (SSSR count). The number of ether oxygens (including phenoxy) is 2. The molecular formula is C21H25N3O7S. The van der Waals surface area contributed by atoms with Crippen molar-refractivity contribution < 1.29 is 27.6 Å². The molecule has 1 saturated heterocycles. The molecule has 1 fully saturated rings. The van der Waals surface area contributed by atoms with Gasteiger partial charge in [0.05, 0.1) is 22.6 Å². The molecule has 2 aromatic rings. The number of benzene rings is 2. The zero-order valence-corrected chi connectivity index (χ0v) is 18.5. The van der Waals surface area contributed by atoms with Crippen LogP contribution in [0.5, 0.6) is 11.5 Å². The molecule has 0 saturated carbocycles. The van der Waals surface area contributed by atoms with E-state index in [-0.39, 0.29) is 28.6 Å². The van der Waals surface area contributed by atoms with Crippen LogP contribution in [0.15, 0.2) is 47.4 Å². The van der Waals surface area contributed by atoms with Gasteiger partial charge in [0.2, 0.25) is 10.0 Å². The maximum absolute atomic E-state index is 13.1. The molecule has 10 nitrogen and oxygen atoms in total. The monoisotopic (exact) mass is 463 g/mol. The number of non-ortho nitro benzene ring substituents is 1. The molecule has 32 heavy (non-hydrogen) atoms. The van der Waals surface area contributed by atoms with Crippen LogP contribution >= 0.6 is 0 Å². The summed E-state index contributed by atoms with van der Waals surface area (Å²) >= 11 is 0. The topological polar surface area (TPSA) is 128 Å². The van der Waals surface area contributed by atoms with E-state index in [1.807, 2.05) is 0 Å².